The Kier molecular flexibility index (Phi) is 11.3. The average Bonchev–Trinajstić information content (AvgIpc) is 2.60. The van der Waals surface area contributed by atoms with E-state index in [0.717, 1.165) is 38.5 Å². The molecule has 0 aromatic carbocycles. The number of rotatable bonds is 12. The van der Waals surface area contributed by atoms with E-state index in [1.54, 1.807) is 0 Å². The summed E-state index contributed by atoms with van der Waals surface area (Å²) in [6.45, 7) is 17.1. The van der Waals surface area contributed by atoms with Crippen LogP contribution in [0.5, 0.6) is 0 Å². The molecule has 0 saturated heterocycles. The van der Waals surface area contributed by atoms with Gasteiger partial charge < -0.3 is 20.4 Å². The first-order valence-corrected chi connectivity index (χ1v) is 12.6. The molecule has 0 radical (unpaired) electrons. The Morgan fingerprint density at radius 3 is 1.53 bits per heavy atom. The molecule has 30 heavy (non-hydrogen) atoms. The molecule has 1 fully saturated rings. The molecule has 1 aliphatic carbocycles. The van der Waals surface area contributed by atoms with Gasteiger partial charge in [0.15, 0.2) is 0 Å². The molecule has 180 valence electrons. The molecule has 6 unspecified atom stereocenters. The normalized spacial score (nSPS) is 30.6. The largest absolute Gasteiger partial charge is 0.393 e. The third-order valence-corrected chi connectivity index (χ3v) is 7.39. The summed E-state index contributed by atoms with van der Waals surface area (Å²) in [6, 6.07) is 0. The molecule has 4 nitrogen and oxygen atoms in total. The van der Waals surface area contributed by atoms with Gasteiger partial charge in [0.1, 0.15) is 0 Å². The molecule has 4 N–H and O–H groups in total. The van der Waals surface area contributed by atoms with Gasteiger partial charge in [-0.2, -0.15) is 0 Å². The minimum atomic E-state index is -0.899. The fourth-order valence-electron chi connectivity index (χ4n) is 5.41. The van der Waals surface area contributed by atoms with Crippen molar-refractivity contribution < 1.29 is 20.4 Å². The van der Waals surface area contributed by atoms with E-state index < -0.39 is 35.7 Å². The van der Waals surface area contributed by atoms with Crippen LogP contribution >= 0.6 is 0 Å². The van der Waals surface area contributed by atoms with Crippen molar-refractivity contribution in [3.8, 4) is 0 Å². The Morgan fingerprint density at radius 1 is 0.667 bits per heavy atom. The fraction of sp³-hybridized carbons (Fsp3) is 1.00. The lowest BCUT2D eigenvalue weighted by Gasteiger charge is -2.56. The van der Waals surface area contributed by atoms with Crippen LogP contribution in [0.15, 0.2) is 0 Å². The lowest BCUT2D eigenvalue weighted by molar-refractivity contribution is -0.228. The molecule has 0 heterocycles. The Balaban J connectivity index is 3.38. The monoisotopic (exact) mass is 428 g/mol. The number of hydrogen-bond acceptors (Lipinski definition) is 4. The van der Waals surface area contributed by atoms with Gasteiger partial charge >= 0.3 is 0 Å². The van der Waals surface area contributed by atoms with Gasteiger partial charge in [-0.15, -0.1) is 0 Å². The van der Waals surface area contributed by atoms with Gasteiger partial charge in [0, 0.05) is 17.3 Å². The van der Waals surface area contributed by atoms with Gasteiger partial charge in [-0.1, -0.05) is 74.7 Å². The molecular weight excluding hydrogens is 376 g/mol. The summed E-state index contributed by atoms with van der Waals surface area (Å²) >= 11 is 0. The zero-order valence-electron chi connectivity index (χ0n) is 21.0. The van der Waals surface area contributed by atoms with Crippen LogP contribution in [-0.4, -0.2) is 44.8 Å². The standard InChI is InChI=1S/C26H52O4/c1-16(2)9-10-20-23(28)22(21(27)15-19(7)8)25(30)26(24(20)29,13-11-17(3)4)14-12-18(5)6/h16-25,27-30H,9-15H2,1-8H3. The van der Waals surface area contributed by atoms with Crippen molar-refractivity contribution in [2.45, 2.75) is 125 Å². The van der Waals surface area contributed by atoms with Crippen molar-refractivity contribution in [1.29, 1.82) is 0 Å². The summed E-state index contributed by atoms with van der Waals surface area (Å²) in [5, 5.41) is 45.6. The molecule has 0 aliphatic heterocycles. The van der Waals surface area contributed by atoms with E-state index in [2.05, 4.69) is 55.4 Å². The van der Waals surface area contributed by atoms with Crippen molar-refractivity contribution in [2.24, 2.45) is 40.9 Å². The Hall–Kier alpha value is -0.160. The number of aliphatic hydroxyl groups excluding tert-OH is 4. The van der Waals surface area contributed by atoms with Crippen molar-refractivity contribution in [3.63, 3.8) is 0 Å². The van der Waals surface area contributed by atoms with Crippen LogP contribution in [0.1, 0.15) is 100 Å². The third kappa shape index (κ3) is 7.18. The van der Waals surface area contributed by atoms with Crippen LogP contribution < -0.4 is 0 Å². The van der Waals surface area contributed by atoms with Gasteiger partial charge in [0.25, 0.3) is 0 Å². The lowest BCUT2D eigenvalue weighted by atomic mass is 9.54. The van der Waals surface area contributed by atoms with E-state index in [1.165, 1.54) is 0 Å². The van der Waals surface area contributed by atoms with E-state index in [0.29, 0.717) is 24.2 Å². The summed E-state index contributed by atoms with van der Waals surface area (Å²) in [7, 11) is 0. The average molecular weight is 429 g/mol. The molecule has 0 amide bonds. The quantitative estimate of drug-likeness (QED) is 0.352. The van der Waals surface area contributed by atoms with E-state index >= 15 is 0 Å². The second-order valence-corrected chi connectivity index (χ2v) is 11.9. The van der Waals surface area contributed by atoms with Gasteiger partial charge in [-0.3, -0.25) is 0 Å². The predicted molar refractivity (Wildman–Crippen MR) is 125 cm³/mol. The molecule has 4 heteroatoms. The van der Waals surface area contributed by atoms with Crippen molar-refractivity contribution >= 4 is 0 Å². The topological polar surface area (TPSA) is 80.9 Å². The Labute approximate surface area is 186 Å². The minimum Gasteiger partial charge on any atom is -0.393 e. The van der Waals surface area contributed by atoms with E-state index in [9.17, 15) is 20.4 Å². The molecule has 0 spiro atoms. The Bertz CT molecular complexity index is 462. The molecule has 1 rings (SSSR count). The van der Waals surface area contributed by atoms with E-state index in [4.69, 9.17) is 0 Å². The van der Waals surface area contributed by atoms with Gasteiger partial charge in [-0.25, -0.2) is 0 Å². The SMILES string of the molecule is CC(C)CCC1C(O)C(C(O)CC(C)C)C(O)C(CCC(C)C)(CCC(C)C)C1O. The first kappa shape index (κ1) is 27.9. The third-order valence-electron chi connectivity index (χ3n) is 7.39. The summed E-state index contributed by atoms with van der Waals surface area (Å²) in [5.41, 5.74) is -0.669. The summed E-state index contributed by atoms with van der Waals surface area (Å²) in [4.78, 5) is 0. The first-order valence-electron chi connectivity index (χ1n) is 12.6. The highest BCUT2D eigenvalue weighted by molar-refractivity contribution is 5.08. The molecule has 0 aromatic heterocycles. The van der Waals surface area contributed by atoms with Crippen LogP contribution in [0.4, 0.5) is 0 Å². The first-order chi connectivity index (χ1) is 13.8. The Morgan fingerprint density at radius 2 is 1.13 bits per heavy atom. The van der Waals surface area contributed by atoms with Crippen LogP contribution in [-0.2, 0) is 0 Å². The highest BCUT2D eigenvalue weighted by Crippen LogP contribution is 2.52. The molecular formula is C26H52O4. The maximum atomic E-state index is 11.6. The van der Waals surface area contributed by atoms with Crippen LogP contribution in [0.3, 0.4) is 0 Å². The highest BCUT2D eigenvalue weighted by atomic mass is 16.3. The summed E-state index contributed by atoms with van der Waals surface area (Å²) < 4.78 is 0. The van der Waals surface area contributed by atoms with Crippen molar-refractivity contribution in [1.82, 2.24) is 0 Å². The maximum absolute atomic E-state index is 11.6. The second-order valence-electron chi connectivity index (χ2n) is 11.9. The second kappa shape index (κ2) is 12.2. The zero-order chi connectivity index (χ0) is 23.2. The van der Waals surface area contributed by atoms with E-state index in [1.807, 2.05) is 0 Å². The van der Waals surface area contributed by atoms with Crippen molar-refractivity contribution in [3.05, 3.63) is 0 Å². The smallest absolute Gasteiger partial charge is 0.0699 e. The molecule has 0 aromatic rings. The van der Waals surface area contributed by atoms with E-state index in [-0.39, 0.29) is 11.8 Å². The molecule has 0 bridgehead atoms. The fourth-order valence-corrected chi connectivity index (χ4v) is 5.41. The minimum absolute atomic E-state index is 0.279. The van der Waals surface area contributed by atoms with Crippen LogP contribution in [0, 0.1) is 40.9 Å². The van der Waals surface area contributed by atoms with Crippen molar-refractivity contribution in [2.75, 3.05) is 0 Å². The van der Waals surface area contributed by atoms with Gasteiger partial charge in [0.2, 0.25) is 0 Å². The predicted octanol–water partition coefficient (Wildman–Crippen LogP) is 5.02. The lowest BCUT2D eigenvalue weighted by Crippen LogP contribution is -2.64. The molecule has 6 atom stereocenters. The zero-order valence-corrected chi connectivity index (χ0v) is 21.0. The number of aliphatic hydroxyl groups is 4. The maximum Gasteiger partial charge on any atom is 0.0699 e. The van der Waals surface area contributed by atoms with Gasteiger partial charge in [0.05, 0.1) is 24.4 Å². The number of hydrogen-bond donors (Lipinski definition) is 4. The van der Waals surface area contributed by atoms with Gasteiger partial charge in [-0.05, 0) is 49.4 Å². The molecule has 1 saturated carbocycles. The molecule has 1 aliphatic rings. The summed E-state index contributed by atoms with van der Waals surface area (Å²) in [5.74, 6) is 0.798. The van der Waals surface area contributed by atoms with Crippen LogP contribution in [0.2, 0.25) is 0 Å². The van der Waals surface area contributed by atoms with Crippen LogP contribution in [0.25, 0.3) is 0 Å². The highest BCUT2D eigenvalue weighted by Gasteiger charge is 2.58. The summed E-state index contributed by atoms with van der Waals surface area (Å²) in [6.07, 6.45) is 2.22.